The molecule has 3 aromatic carbocycles. The minimum Gasteiger partial charge on any atom is -0.497 e. The molecule has 1 atom stereocenters. The first-order valence-corrected chi connectivity index (χ1v) is 10.6. The summed E-state index contributed by atoms with van der Waals surface area (Å²) < 4.78 is 21.6. The quantitative estimate of drug-likeness (QED) is 0.269. The zero-order chi connectivity index (χ0) is 24.5. The van der Waals surface area contributed by atoms with Gasteiger partial charge in [-0.05, 0) is 35.9 Å². The van der Waals surface area contributed by atoms with Crippen LogP contribution in [0.3, 0.4) is 0 Å². The van der Waals surface area contributed by atoms with Gasteiger partial charge in [-0.15, -0.1) is 0 Å². The average Bonchev–Trinajstić information content (AvgIpc) is 2.87. The van der Waals surface area contributed by atoms with E-state index in [4.69, 9.17) is 24.4 Å². The number of allylic oxidation sites excluding steroid dienone is 1. The molecule has 1 aliphatic rings. The van der Waals surface area contributed by atoms with E-state index >= 15 is 0 Å². The first-order chi connectivity index (χ1) is 17.0. The summed E-state index contributed by atoms with van der Waals surface area (Å²) in [6.07, 6.45) is 0. The van der Waals surface area contributed by atoms with Gasteiger partial charge in [-0.1, -0.05) is 36.4 Å². The summed E-state index contributed by atoms with van der Waals surface area (Å²) >= 11 is 0. The highest BCUT2D eigenvalue weighted by Crippen LogP contribution is 2.43. The van der Waals surface area contributed by atoms with Gasteiger partial charge in [-0.25, -0.2) is 9.59 Å². The molecule has 1 unspecified atom stereocenters. The molecular weight excluding hydrogens is 448 g/mol. The largest absolute Gasteiger partial charge is 0.497 e. The molecule has 0 saturated heterocycles. The standard InChI is InChI=1S/C27H18N2O6/c1-32-17-8-6-15(7-9-17)24-19-11-10-18(13-23(19)34-25(29)21(24)14-28)33-26(30)20-12-16-4-2-3-5-22(16)35-27(20)31/h2-13,24H,29H2,1H3. The molecule has 0 fully saturated rings. The Morgan fingerprint density at radius 2 is 1.77 bits per heavy atom. The highest BCUT2D eigenvalue weighted by Gasteiger charge is 2.31. The normalized spacial score (nSPS) is 14.6. The highest BCUT2D eigenvalue weighted by molar-refractivity contribution is 5.94. The second kappa shape index (κ2) is 8.72. The van der Waals surface area contributed by atoms with Crippen LogP contribution in [0, 0.1) is 11.3 Å². The Kier molecular flexibility index (Phi) is 5.43. The Hall–Kier alpha value is -5.03. The van der Waals surface area contributed by atoms with Crippen LogP contribution < -0.4 is 25.6 Å². The van der Waals surface area contributed by atoms with Gasteiger partial charge < -0.3 is 24.4 Å². The number of nitrogens with zero attached hydrogens (tertiary/aromatic N) is 1. The summed E-state index contributed by atoms with van der Waals surface area (Å²) in [7, 11) is 1.57. The zero-order valence-corrected chi connectivity index (χ0v) is 18.5. The smallest absolute Gasteiger partial charge is 0.351 e. The van der Waals surface area contributed by atoms with Gasteiger partial charge in [-0.2, -0.15) is 5.26 Å². The van der Waals surface area contributed by atoms with Gasteiger partial charge in [0.05, 0.1) is 13.0 Å². The van der Waals surface area contributed by atoms with Gasteiger partial charge in [0.15, 0.2) is 0 Å². The number of benzene rings is 3. The summed E-state index contributed by atoms with van der Waals surface area (Å²) in [5.41, 5.74) is 7.14. The van der Waals surface area contributed by atoms with E-state index < -0.39 is 17.5 Å². The molecular formula is C27H18N2O6. The number of hydrogen-bond donors (Lipinski definition) is 1. The fourth-order valence-corrected chi connectivity index (χ4v) is 4.00. The number of carbonyl (C=O) groups excluding carboxylic acids is 1. The average molecular weight is 466 g/mol. The number of hydrogen-bond acceptors (Lipinski definition) is 8. The number of esters is 1. The van der Waals surface area contributed by atoms with E-state index in [0.29, 0.717) is 28.0 Å². The van der Waals surface area contributed by atoms with E-state index in [0.717, 1.165) is 5.56 Å². The Morgan fingerprint density at radius 3 is 2.51 bits per heavy atom. The number of fused-ring (bicyclic) bond motifs is 2. The third-order valence-electron chi connectivity index (χ3n) is 5.71. The molecule has 0 bridgehead atoms. The number of para-hydroxylation sites is 1. The lowest BCUT2D eigenvalue weighted by Crippen LogP contribution is -2.21. The maximum atomic E-state index is 12.7. The zero-order valence-electron chi connectivity index (χ0n) is 18.5. The first kappa shape index (κ1) is 21.8. The molecule has 2 N–H and O–H groups in total. The van der Waals surface area contributed by atoms with Crippen LogP contribution in [0.15, 0.2) is 93.5 Å². The SMILES string of the molecule is COc1ccc(C2C(C#N)=C(N)Oc3cc(OC(=O)c4cc5ccccc5oc4=O)ccc32)cc1. The fourth-order valence-electron chi connectivity index (χ4n) is 4.00. The number of ether oxygens (including phenoxy) is 3. The molecule has 2 heterocycles. The molecule has 0 spiro atoms. The first-order valence-electron chi connectivity index (χ1n) is 10.6. The summed E-state index contributed by atoms with van der Waals surface area (Å²) in [4.78, 5) is 25.0. The van der Waals surface area contributed by atoms with Crippen LogP contribution in [0.2, 0.25) is 0 Å². The molecule has 8 heteroatoms. The van der Waals surface area contributed by atoms with Gasteiger partial charge in [0.25, 0.3) is 0 Å². The fraction of sp³-hybridized carbons (Fsp3) is 0.0741. The van der Waals surface area contributed by atoms with Crippen molar-refractivity contribution in [2.45, 2.75) is 5.92 Å². The number of carbonyl (C=O) groups is 1. The molecule has 0 amide bonds. The second-order valence-corrected chi connectivity index (χ2v) is 7.77. The predicted molar refractivity (Wildman–Crippen MR) is 126 cm³/mol. The van der Waals surface area contributed by atoms with Gasteiger partial charge in [0, 0.05) is 17.0 Å². The molecule has 35 heavy (non-hydrogen) atoms. The Labute approximate surface area is 199 Å². The van der Waals surface area contributed by atoms with Crippen LogP contribution in [0.5, 0.6) is 17.2 Å². The minimum atomic E-state index is -0.867. The second-order valence-electron chi connectivity index (χ2n) is 7.77. The maximum absolute atomic E-state index is 12.7. The molecule has 1 aromatic heterocycles. The van der Waals surface area contributed by atoms with Crippen LogP contribution in [-0.2, 0) is 0 Å². The maximum Gasteiger partial charge on any atom is 0.351 e. The van der Waals surface area contributed by atoms with Crippen molar-refractivity contribution in [3.05, 3.63) is 111 Å². The van der Waals surface area contributed by atoms with Crippen molar-refractivity contribution in [2.24, 2.45) is 5.73 Å². The van der Waals surface area contributed by atoms with Gasteiger partial charge in [0.1, 0.15) is 40.0 Å². The lowest BCUT2D eigenvalue weighted by atomic mass is 9.83. The topological polar surface area (TPSA) is 125 Å². The van der Waals surface area contributed by atoms with E-state index in [1.54, 1.807) is 55.6 Å². The lowest BCUT2D eigenvalue weighted by Gasteiger charge is -2.26. The van der Waals surface area contributed by atoms with E-state index in [9.17, 15) is 14.9 Å². The van der Waals surface area contributed by atoms with Crippen molar-refractivity contribution in [1.82, 2.24) is 0 Å². The molecule has 0 aliphatic carbocycles. The lowest BCUT2D eigenvalue weighted by molar-refractivity contribution is 0.0730. The summed E-state index contributed by atoms with van der Waals surface area (Å²) in [5.74, 6) is -0.238. The van der Waals surface area contributed by atoms with E-state index in [-0.39, 0.29) is 22.8 Å². The van der Waals surface area contributed by atoms with Crippen molar-refractivity contribution in [3.63, 3.8) is 0 Å². The third kappa shape index (κ3) is 3.96. The summed E-state index contributed by atoms with van der Waals surface area (Å²) in [6.45, 7) is 0. The highest BCUT2D eigenvalue weighted by atomic mass is 16.5. The van der Waals surface area contributed by atoms with Crippen molar-refractivity contribution < 1.29 is 23.4 Å². The van der Waals surface area contributed by atoms with Gasteiger partial charge in [0.2, 0.25) is 5.88 Å². The van der Waals surface area contributed by atoms with Gasteiger partial charge >= 0.3 is 11.6 Å². The molecule has 0 radical (unpaired) electrons. The van der Waals surface area contributed by atoms with E-state index in [1.165, 1.54) is 12.1 Å². The molecule has 172 valence electrons. The van der Waals surface area contributed by atoms with Gasteiger partial charge in [-0.3, -0.25) is 0 Å². The van der Waals surface area contributed by atoms with Crippen LogP contribution in [0.4, 0.5) is 0 Å². The number of nitriles is 1. The molecule has 1 aliphatic heterocycles. The molecule has 4 aromatic rings. The number of methoxy groups -OCH3 is 1. The van der Waals surface area contributed by atoms with Crippen molar-refractivity contribution in [3.8, 4) is 23.3 Å². The van der Waals surface area contributed by atoms with E-state index in [1.807, 2.05) is 12.1 Å². The number of nitrogens with two attached hydrogens (primary N) is 1. The molecule has 0 saturated carbocycles. The molecule has 5 rings (SSSR count). The monoisotopic (exact) mass is 466 g/mol. The summed E-state index contributed by atoms with van der Waals surface area (Å²) in [6, 6.07) is 22.4. The van der Waals surface area contributed by atoms with Crippen molar-refractivity contribution >= 4 is 16.9 Å². The predicted octanol–water partition coefficient (Wildman–Crippen LogP) is 4.24. The Morgan fingerprint density at radius 1 is 1.03 bits per heavy atom. The van der Waals surface area contributed by atoms with Crippen LogP contribution >= 0.6 is 0 Å². The third-order valence-corrected chi connectivity index (χ3v) is 5.71. The minimum absolute atomic E-state index is 0.0422. The summed E-state index contributed by atoms with van der Waals surface area (Å²) in [5, 5.41) is 10.3. The Bertz CT molecular complexity index is 1600. The van der Waals surface area contributed by atoms with Crippen molar-refractivity contribution in [2.75, 3.05) is 7.11 Å². The van der Waals surface area contributed by atoms with Crippen LogP contribution in [0.1, 0.15) is 27.4 Å². The molecule has 8 nitrogen and oxygen atoms in total. The van der Waals surface area contributed by atoms with Crippen molar-refractivity contribution in [1.29, 1.82) is 5.26 Å². The van der Waals surface area contributed by atoms with E-state index in [2.05, 4.69) is 6.07 Å². The van der Waals surface area contributed by atoms with Crippen LogP contribution in [0.25, 0.3) is 11.0 Å². The Balaban J connectivity index is 1.48. The number of rotatable bonds is 4. The van der Waals surface area contributed by atoms with Crippen LogP contribution in [-0.4, -0.2) is 13.1 Å².